The highest BCUT2D eigenvalue weighted by molar-refractivity contribution is 5.28. The summed E-state index contributed by atoms with van der Waals surface area (Å²) in [6, 6.07) is 9.22. The Kier molecular flexibility index (Phi) is 4.63. The molecule has 2 N–H and O–H groups in total. The molecule has 0 radical (unpaired) electrons. The zero-order valence-electron chi connectivity index (χ0n) is 10.4. The summed E-state index contributed by atoms with van der Waals surface area (Å²) in [7, 11) is 0. The summed E-state index contributed by atoms with van der Waals surface area (Å²) in [5.41, 5.74) is 1.35. The number of quaternary nitrogens is 1. The lowest BCUT2D eigenvalue weighted by Crippen LogP contribution is -2.87. The van der Waals surface area contributed by atoms with Crippen molar-refractivity contribution < 1.29 is 10.1 Å². The molecule has 1 aliphatic rings. The van der Waals surface area contributed by atoms with Crippen molar-refractivity contribution in [1.82, 2.24) is 0 Å². The van der Waals surface area contributed by atoms with Crippen LogP contribution in [0.4, 0.5) is 0 Å². The molecule has 2 heteroatoms. The minimum atomic E-state index is 0.579. The average molecular weight is 232 g/mol. The predicted octanol–water partition coefficient (Wildman–Crippen LogP) is 2.26. The van der Waals surface area contributed by atoms with Crippen LogP contribution in [0.1, 0.15) is 31.2 Å². The van der Waals surface area contributed by atoms with Gasteiger partial charge >= 0.3 is 0 Å². The second-order valence-corrected chi connectivity index (χ2v) is 4.73. The topological polar surface area (TPSA) is 25.8 Å². The van der Waals surface area contributed by atoms with Crippen LogP contribution < -0.4 is 10.1 Å². The molecular formula is C15H22NO+. The molecule has 0 aliphatic heterocycles. The van der Waals surface area contributed by atoms with Gasteiger partial charge in [-0.2, -0.15) is 0 Å². The van der Waals surface area contributed by atoms with Crippen molar-refractivity contribution in [1.29, 1.82) is 0 Å². The molecule has 0 aromatic heterocycles. The van der Waals surface area contributed by atoms with E-state index in [1.165, 1.54) is 31.2 Å². The largest absolute Gasteiger partial charge is 0.490 e. The minimum Gasteiger partial charge on any atom is -0.490 e. The lowest BCUT2D eigenvalue weighted by Gasteiger charge is -2.09. The van der Waals surface area contributed by atoms with Gasteiger partial charge in [0.2, 0.25) is 0 Å². The highest BCUT2D eigenvalue weighted by Gasteiger charge is 2.17. The van der Waals surface area contributed by atoms with Gasteiger partial charge in [0.15, 0.2) is 0 Å². The van der Waals surface area contributed by atoms with Gasteiger partial charge in [-0.25, -0.2) is 0 Å². The normalized spacial score (nSPS) is 16.0. The summed E-state index contributed by atoms with van der Waals surface area (Å²) in [5, 5.41) is 2.47. The summed E-state index contributed by atoms with van der Waals surface area (Å²) in [6.07, 6.45) is 7.35. The van der Waals surface area contributed by atoms with Crippen molar-refractivity contribution >= 4 is 0 Å². The molecule has 0 amide bonds. The number of hydrogen-bond acceptors (Lipinski definition) is 1. The third kappa shape index (κ3) is 3.90. The van der Waals surface area contributed by atoms with Crippen LogP contribution >= 0.6 is 0 Å². The van der Waals surface area contributed by atoms with E-state index in [1.54, 1.807) is 6.08 Å². The minimum absolute atomic E-state index is 0.579. The van der Waals surface area contributed by atoms with Crippen LogP contribution in [0.3, 0.4) is 0 Å². The molecule has 2 nitrogen and oxygen atoms in total. The fraction of sp³-hybridized carbons (Fsp3) is 0.467. The molecule has 1 fully saturated rings. The van der Waals surface area contributed by atoms with Crippen LogP contribution in [0.25, 0.3) is 0 Å². The first-order chi connectivity index (χ1) is 8.38. The summed E-state index contributed by atoms with van der Waals surface area (Å²) < 4.78 is 5.54. The van der Waals surface area contributed by atoms with E-state index in [2.05, 4.69) is 30.1 Å². The maximum atomic E-state index is 5.54. The molecule has 1 saturated carbocycles. The molecule has 0 unspecified atom stereocenters. The highest BCUT2D eigenvalue weighted by Crippen LogP contribution is 2.15. The van der Waals surface area contributed by atoms with Gasteiger partial charge in [-0.05, 0) is 37.8 Å². The van der Waals surface area contributed by atoms with Crippen LogP contribution in [0.5, 0.6) is 5.75 Å². The van der Waals surface area contributed by atoms with Gasteiger partial charge in [-0.3, -0.25) is 0 Å². The van der Waals surface area contributed by atoms with Gasteiger partial charge in [0, 0.05) is 5.56 Å². The van der Waals surface area contributed by atoms with Crippen molar-refractivity contribution in [3.8, 4) is 5.75 Å². The van der Waals surface area contributed by atoms with Crippen LogP contribution in [-0.4, -0.2) is 12.6 Å². The zero-order valence-corrected chi connectivity index (χ0v) is 10.4. The summed E-state index contributed by atoms with van der Waals surface area (Å²) >= 11 is 0. The Hall–Kier alpha value is -1.28. The maximum Gasteiger partial charge on any atom is 0.120 e. The summed E-state index contributed by atoms with van der Waals surface area (Å²) in [4.78, 5) is 0. The van der Waals surface area contributed by atoms with Crippen LogP contribution in [0, 0.1) is 0 Å². The molecule has 17 heavy (non-hydrogen) atoms. The van der Waals surface area contributed by atoms with Gasteiger partial charge in [0.05, 0.1) is 6.04 Å². The first-order valence-electron chi connectivity index (χ1n) is 6.54. The molecule has 0 spiro atoms. The molecule has 92 valence electrons. The van der Waals surface area contributed by atoms with E-state index in [1.807, 2.05) is 6.07 Å². The van der Waals surface area contributed by atoms with E-state index < -0.39 is 0 Å². The molecule has 0 atom stereocenters. The lowest BCUT2D eigenvalue weighted by molar-refractivity contribution is -0.703. The van der Waals surface area contributed by atoms with E-state index in [-0.39, 0.29) is 0 Å². The number of nitrogens with two attached hydrogens (primary N) is 1. The number of benzene rings is 1. The lowest BCUT2D eigenvalue weighted by atomic mass is 10.2. The van der Waals surface area contributed by atoms with E-state index >= 15 is 0 Å². The molecule has 2 rings (SSSR count). The maximum absolute atomic E-state index is 5.54. The summed E-state index contributed by atoms with van der Waals surface area (Å²) in [5.74, 6) is 0.947. The Morgan fingerprint density at radius 3 is 2.94 bits per heavy atom. The van der Waals surface area contributed by atoms with Gasteiger partial charge in [0.1, 0.15) is 18.9 Å². The average Bonchev–Trinajstić information content (AvgIpc) is 2.87. The first-order valence-corrected chi connectivity index (χ1v) is 6.54. The summed E-state index contributed by atoms with van der Waals surface area (Å²) in [6.45, 7) is 5.30. The standard InChI is InChI=1S/C15H21NO/c1-2-10-17-15-9-5-6-13(11-15)12-16-14-7-3-4-8-14/h2,5-6,9,11,14,16H,1,3-4,7-8,10,12H2/p+1. The Balaban J connectivity index is 1.84. The van der Waals surface area contributed by atoms with Crippen LogP contribution in [0.15, 0.2) is 36.9 Å². The van der Waals surface area contributed by atoms with Gasteiger partial charge in [0.25, 0.3) is 0 Å². The fourth-order valence-corrected chi connectivity index (χ4v) is 2.41. The van der Waals surface area contributed by atoms with Crippen LogP contribution in [-0.2, 0) is 6.54 Å². The van der Waals surface area contributed by atoms with E-state index in [9.17, 15) is 0 Å². The molecule has 1 aromatic rings. The SMILES string of the molecule is C=CCOc1cccc(C[NH2+]C2CCCC2)c1. The van der Waals surface area contributed by atoms with Gasteiger partial charge < -0.3 is 10.1 Å². The van der Waals surface area contributed by atoms with Gasteiger partial charge in [-0.1, -0.05) is 24.8 Å². The monoisotopic (exact) mass is 232 g/mol. The molecule has 0 saturated heterocycles. The number of rotatable bonds is 6. The van der Waals surface area contributed by atoms with Crippen molar-refractivity contribution in [3.63, 3.8) is 0 Å². The van der Waals surface area contributed by atoms with Crippen LogP contribution in [0.2, 0.25) is 0 Å². The Labute approximate surface area is 104 Å². The van der Waals surface area contributed by atoms with Crippen molar-refractivity contribution in [2.24, 2.45) is 0 Å². The number of hydrogen-bond donors (Lipinski definition) is 1. The fourth-order valence-electron chi connectivity index (χ4n) is 2.41. The second-order valence-electron chi connectivity index (χ2n) is 4.73. The molecular weight excluding hydrogens is 210 g/mol. The zero-order chi connectivity index (χ0) is 11.9. The first kappa shape index (κ1) is 12.2. The predicted molar refractivity (Wildman–Crippen MR) is 70.0 cm³/mol. The quantitative estimate of drug-likeness (QED) is 0.748. The molecule has 1 aromatic carbocycles. The smallest absolute Gasteiger partial charge is 0.120 e. The molecule has 0 heterocycles. The number of ether oxygens (including phenoxy) is 1. The third-order valence-corrected chi connectivity index (χ3v) is 3.35. The van der Waals surface area contributed by atoms with Crippen molar-refractivity contribution in [2.45, 2.75) is 38.3 Å². The van der Waals surface area contributed by atoms with E-state index in [4.69, 9.17) is 4.74 Å². The Morgan fingerprint density at radius 2 is 2.18 bits per heavy atom. The van der Waals surface area contributed by atoms with Crippen molar-refractivity contribution in [2.75, 3.05) is 6.61 Å². The molecule has 0 bridgehead atoms. The Bertz CT molecular complexity index is 356. The third-order valence-electron chi connectivity index (χ3n) is 3.35. The van der Waals surface area contributed by atoms with Gasteiger partial charge in [-0.15, -0.1) is 0 Å². The van der Waals surface area contributed by atoms with E-state index in [0.29, 0.717) is 6.61 Å². The highest BCUT2D eigenvalue weighted by atomic mass is 16.5. The molecule has 1 aliphatic carbocycles. The van der Waals surface area contributed by atoms with E-state index in [0.717, 1.165) is 18.3 Å². The Morgan fingerprint density at radius 1 is 1.35 bits per heavy atom. The van der Waals surface area contributed by atoms with Crippen molar-refractivity contribution in [3.05, 3.63) is 42.5 Å². The second kappa shape index (κ2) is 6.45.